The normalized spacial score (nSPS) is 24.4. The van der Waals surface area contributed by atoms with Crippen molar-refractivity contribution in [3.05, 3.63) is 17.0 Å². The second kappa shape index (κ2) is 5.10. The topological polar surface area (TPSA) is 66.9 Å². The minimum absolute atomic E-state index is 0.00122. The fraction of sp³-hybridized carbons (Fsp3) is 0.545. The van der Waals surface area contributed by atoms with Crippen molar-refractivity contribution in [3.8, 4) is 0 Å². The van der Waals surface area contributed by atoms with E-state index >= 15 is 0 Å². The minimum Gasteiger partial charge on any atom is -0.316 e. The molecule has 0 bridgehead atoms. The van der Waals surface area contributed by atoms with Gasteiger partial charge in [0.2, 0.25) is 5.91 Å². The highest BCUT2D eigenvalue weighted by Crippen LogP contribution is 2.26. The van der Waals surface area contributed by atoms with Gasteiger partial charge in [0.05, 0.1) is 17.8 Å². The minimum atomic E-state index is -0.354. The predicted molar refractivity (Wildman–Crippen MR) is 68.6 cm³/mol. The summed E-state index contributed by atoms with van der Waals surface area (Å²) in [4.78, 5) is 20.2. The highest BCUT2D eigenvalue weighted by molar-refractivity contribution is 9.10. The van der Waals surface area contributed by atoms with Crippen LogP contribution in [0.1, 0.15) is 19.8 Å². The van der Waals surface area contributed by atoms with E-state index in [0.717, 1.165) is 19.4 Å². The van der Waals surface area contributed by atoms with Crippen LogP contribution in [0.15, 0.2) is 17.0 Å². The average Bonchev–Trinajstić information content (AvgIpc) is 2.33. The Kier molecular flexibility index (Phi) is 3.73. The quantitative estimate of drug-likeness (QED) is 0.870. The zero-order valence-corrected chi connectivity index (χ0v) is 11.2. The van der Waals surface area contributed by atoms with Crippen molar-refractivity contribution in [2.45, 2.75) is 19.8 Å². The number of carbonyl (C=O) groups is 1. The molecule has 1 fully saturated rings. The van der Waals surface area contributed by atoms with Crippen LogP contribution in [0.2, 0.25) is 0 Å². The average molecular weight is 299 g/mol. The van der Waals surface area contributed by atoms with Crippen molar-refractivity contribution in [2.24, 2.45) is 5.41 Å². The van der Waals surface area contributed by atoms with Crippen molar-refractivity contribution in [1.82, 2.24) is 15.3 Å². The van der Waals surface area contributed by atoms with E-state index in [-0.39, 0.29) is 11.3 Å². The molecule has 92 valence electrons. The smallest absolute Gasteiger partial charge is 0.232 e. The third-order valence-electron chi connectivity index (χ3n) is 3.01. The number of halogens is 1. The molecule has 1 amide bonds. The summed E-state index contributed by atoms with van der Waals surface area (Å²) >= 11 is 3.20. The lowest BCUT2D eigenvalue weighted by atomic mass is 9.82. The van der Waals surface area contributed by atoms with Crippen LogP contribution < -0.4 is 10.6 Å². The first-order valence-corrected chi connectivity index (χ1v) is 6.39. The van der Waals surface area contributed by atoms with Gasteiger partial charge in [-0.3, -0.25) is 4.79 Å². The number of aromatic nitrogens is 2. The lowest BCUT2D eigenvalue weighted by Crippen LogP contribution is -2.46. The second-order valence-corrected chi connectivity index (χ2v) is 5.33. The standard InChI is InChI=1S/C11H15BrN4O/c1-11(3-2-4-13-7-11)10(17)16-9-6-14-8(12)5-15-9/h5-6,13H,2-4,7H2,1H3,(H,15,16,17). The Morgan fingerprint density at radius 1 is 1.53 bits per heavy atom. The van der Waals surface area contributed by atoms with Crippen LogP contribution in [0.25, 0.3) is 0 Å². The number of piperidine rings is 1. The number of nitrogens with one attached hydrogen (secondary N) is 2. The van der Waals surface area contributed by atoms with Gasteiger partial charge in [0, 0.05) is 6.54 Å². The fourth-order valence-corrected chi connectivity index (χ4v) is 2.10. The SMILES string of the molecule is CC1(C(=O)Nc2cnc(Br)cn2)CCCNC1. The van der Waals surface area contributed by atoms with E-state index in [1.165, 1.54) is 0 Å². The number of hydrogen-bond donors (Lipinski definition) is 2. The molecular formula is C11H15BrN4O. The van der Waals surface area contributed by atoms with Gasteiger partial charge in [0.25, 0.3) is 0 Å². The van der Waals surface area contributed by atoms with Crippen LogP contribution in [0, 0.1) is 5.41 Å². The van der Waals surface area contributed by atoms with Gasteiger partial charge in [-0.05, 0) is 42.2 Å². The van der Waals surface area contributed by atoms with Gasteiger partial charge in [-0.25, -0.2) is 9.97 Å². The first-order chi connectivity index (χ1) is 8.10. The number of rotatable bonds is 2. The third kappa shape index (κ3) is 3.01. The monoisotopic (exact) mass is 298 g/mol. The zero-order chi connectivity index (χ0) is 12.3. The van der Waals surface area contributed by atoms with Crippen molar-refractivity contribution in [2.75, 3.05) is 18.4 Å². The van der Waals surface area contributed by atoms with Gasteiger partial charge < -0.3 is 10.6 Å². The van der Waals surface area contributed by atoms with E-state index in [1.807, 2.05) is 6.92 Å². The molecule has 1 unspecified atom stereocenters. The zero-order valence-electron chi connectivity index (χ0n) is 9.66. The Hall–Kier alpha value is -1.01. The highest BCUT2D eigenvalue weighted by atomic mass is 79.9. The predicted octanol–water partition coefficient (Wildman–Crippen LogP) is 1.57. The van der Waals surface area contributed by atoms with Crippen molar-refractivity contribution in [3.63, 3.8) is 0 Å². The van der Waals surface area contributed by atoms with Crippen molar-refractivity contribution < 1.29 is 4.79 Å². The molecule has 0 aromatic carbocycles. The van der Waals surface area contributed by atoms with Gasteiger partial charge >= 0.3 is 0 Å². The highest BCUT2D eigenvalue weighted by Gasteiger charge is 2.34. The summed E-state index contributed by atoms with van der Waals surface area (Å²) in [5.74, 6) is 0.492. The molecule has 2 heterocycles. The maximum atomic E-state index is 12.1. The van der Waals surface area contributed by atoms with E-state index in [9.17, 15) is 4.79 Å². The van der Waals surface area contributed by atoms with E-state index in [1.54, 1.807) is 12.4 Å². The summed E-state index contributed by atoms with van der Waals surface area (Å²) in [5.41, 5.74) is -0.354. The van der Waals surface area contributed by atoms with Crippen LogP contribution >= 0.6 is 15.9 Å². The molecule has 1 aromatic heterocycles. The van der Waals surface area contributed by atoms with E-state index in [4.69, 9.17) is 0 Å². The van der Waals surface area contributed by atoms with Crippen LogP contribution in [-0.4, -0.2) is 29.0 Å². The van der Waals surface area contributed by atoms with Gasteiger partial charge in [-0.2, -0.15) is 0 Å². The number of hydrogen-bond acceptors (Lipinski definition) is 4. The number of amides is 1. The summed E-state index contributed by atoms with van der Waals surface area (Å²) in [5, 5.41) is 6.05. The second-order valence-electron chi connectivity index (χ2n) is 4.52. The molecule has 5 nitrogen and oxygen atoms in total. The summed E-state index contributed by atoms with van der Waals surface area (Å²) in [6.45, 7) is 3.67. The molecule has 1 aliphatic heterocycles. The molecular weight excluding hydrogens is 284 g/mol. The lowest BCUT2D eigenvalue weighted by molar-refractivity contribution is -0.125. The van der Waals surface area contributed by atoms with Crippen molar-refractivity contribution >= 4 is 27.7 Å². The molecule has 0 radical (unpaired) electrons. The summed E-state index contributed by atoms with van der Waals surface area (Å²) < 4.78 is 0.654. The van der Waals surface area contributed by atoms with Crippen LogP contribution in [-0.2, 0) is 4.79 Å². The Labute approximate surface area is 109 Å². The van der Waals surface area contributed by atoms with Gasteiger partial charge in [0.1, 0.15) is 4.60 Å². The molecule has 17 heavy (non-hydrogen) atoms. The molecule has 1 saturated heterocycles. The Balaban J connectivity index is 2.03. The Bertz CT molecular complexity index is 400. The molecule has 2 rings (SSSR count). The Morgan fingerprint density at radius 2 is 2.35 bits per heavy atom. The molecule has 1 atom stereocenters. The Morgan fingerprint density at radius 3 is 2.94 bits per heavy atom. The molecule has 1 aromatic rings. The van der Waals surface area contributed by atoms with E-state index in [2.05, 4.69) is 36.5 Å². The maximum absolute atomic E-state index is 12.1. The van der Waals surface area contributed by atoms with E-state index in [0.29, 0.717) is 17.0 Å². The first-order valence-electron chi connectivity index (χ1n) is 5.60. The fourth-order valence-electron chi connectivity index (χ4n) is 1.89. The summed E-state index contributed by atoms with van der Waals surface area (Å²) in [6, 6.07) is 0. The lowest BCUT2D eigenvalue weighted by Gasteiger charge is -2.32. The molecule has 2 N–H and O–H groups in total. The van der Waals surface area contributed by atoms with Gasteiger partial charge in [-0.1, -0.05) is 0 Å². The maximum Gasteiger partial charge on any atom is 0.232 e. The van der Waals surface area contributed by atoms with Gasteiger partial charge in [-0.15, -0.1) is 0 Å². The molecule has 6 heteroatoms. The van der Waals surface area contributed by atoms with Crippen LogP contribution in [0.4, 0.5) is 5.82 Å². The third-order valence-corrected chi connectivity index (χ3v) is 3.42. The van der Waals surface area contributed by atoms with Crippen LogP contribution in [0.3, 0.4) is 0 Å². The summed E-state index contributed by atoms with van der Waals surface area (Å²) in [7, 11) is 0. The van der Waals surface area contributed by atoms with Crippen LogP contribution in [0.5, 0.6) is 0 Å². The molecule has 0 spiro atoms. The molecule has 0 aliphatic carbocycles. The van der Waals surface area contributed by atoms with Gasteiger partial charge in [0.15, 0.2) is 5.82 Å². The first kappa shape index (κ1) is 12.4. The number of nitrogens with zero attached hydrogens (tertiary/aromatic N) is 2. The van der Waals surface area contributed by atoms with Crippen molar-refractivity contribution in [1.29, 1.82) is 0 Å². The summed E-state index contributed by atoms with van der Waals surface area (Å²) in [6.07, 6.45) is 5.03. The molecule has 0 saturated carbocycles. The van der Waals surface area contributed by atoms with E-state index < -0.39 is 0 Å². The number of anilines is 1. The largest absolute Gasteiger partial charge is 0.316 e. The number of carbonyl (C=O) groups excluding carboxylic acids is 1. The molecule has 1 aliphatic rings.